The molecule has 14 heavy (non-hydrogen) atoms. The van der Waals surface area contributed by atoms with Crippen molar-refractivity contribution < 1.29 is 0 Å². The Hall–Kier alpha value is 0.0249. The zero-order valence-corrected chi connectivity index (χ0v) is 10.6. The first kappa shape index (κ1) is 14.0. The van der Waals surface area contributed by atoms with Crippen molar-refractivity contribution in [3.63, 3.8) is 0 Å². The SMILES string of the molecule is CCCCC(BC(C)C)CCCNC. The first-order valence-corrected chi connectivity index (χ1v) is 6.35. The number of hydrogen-bond donors (Lipinski definition) is 1. The molecule has 1 atom stereocenters. The first-order chi connectivity index (χ1) is 6.70. The van der Waals surface area contributed by atoms with Gasteiger partial charge in [0.15, 0.2) is 0 Å². The van der Waals surface area contributed by atoms with Crippen molar-refractivity contribution in [3.05, 3.63) is 0 Å². The minimum atomic E-state index is 0.867. The molecule has 0 saturated carbocycles. The molecule has 84 valence electrons. The van der Waals surface area contributed by atoms with Crippen LogP contribution in [-0.4, -0.2) is 20.9 Å². The molecule has 0 bridgehead atoms. The minimum absolute atomic E-state index is 0.867. The van der Waals surface area contributed by atoms with Crippen LogP contribution in [0.15, 0.2) is 0 Å². The van der Waals surface area contributed by atoms with Crippen LogP contribution in [0.2, 0.25) is 11.6 Å². The second-order valence-corrected chi connectivity index (χ2v) is 4.88. The summed E-state index contributed by atoms with van der Waals surface area (Å²) in [5, 5.41) is 3.23. The lowest BCUT2D eigenvalue weighted by Crippen LogP contribution is -2.12. The van der Waals surface area contributed by atoms with Gasteiger partial charge in [-0.3, -0.25) is 0 Å². The summed E-state index contributed by atoms with van der Waals surface area (Å²) < 4.78 is 0. The lowest BCUT2D eigenvalue weighted by Gasteiger charge is -2.17. The van der Waals surface area contributed by atoms with Gasteiger partial charge in [-0.15, -0.1) is 0 Å². The summed E-state index contributed by atoms with van der Waals surface area (Å²) in [7, 11) is 3.47. The predicted molar refractivity (Wildman–Crippen MR) is 68.7 cm³/mol. The summed E-state index contributed by atoms with van der Waals surface area (Å²) in [6.07, 6.45) is 6.96. The highest BCUT2D eigenvalue weighted by atomic mass is 14.8. The molecule has 0 aromatic carbocycles. The van der Waals surface area contributed by atoms with E-state index in [2.05, 4.69) is 26.1 Å². The van der Waals surface area contributed by atoms with E-state index in [1.165, 1.54) is 45.9 Å². The average molecular weight is 197 g/mol. The van der Waals surface area contributed by atoms with Crippen molar-refractivity contribution in [1.82, 2.24) is 5.32 Å². The Morgan fingerprint density at radius 1 is 1.14 bits per heavy atom. The fraction of sp³-hybridized carbons (Fsp3) is 1.00. The van der Waals surface area contributed by atoms with Gasteiger partial charge in [0.1, 0.15) is 7.28 Å². The van der Waals surface area contributed by atoms with Gasteiger partial charge in [0.2, 0.25) is 0 Å². The Labute approximate surface area is 91.3 Å². The molecular formula is C12H28BN. The Bertz CT molecular complexity index is 115. The van der Waals surface area contributed by atoms with Crippen LogP contribution in [0.1, 0.15) is 52.9 Å². The molecule has 0 fully saturated rings. The second kappa shape index (κ2) is 9.58. The largest absolute Gasteiger partial charge is 0.320 e. The maximum atomic E-state index is 3.23. The molecule has 0 aliphatic carbocycles. The third kappa shape index (κ3) is 8.62. The van der Waals surface area contributed by atoms with E-state index >= 15 is 0 Å². The van der Waals surface area contributed by atoms with E-state index < -0.39 is 0 Å². The predicted octanol–water partition coefficient (Wildman–Crippen LogP) is 3.23. The number of rotatable bonds is 9. The van der Waals surface area contributed by atoms with Gasteiger partial charge in [-0.2, -0.15) is 0 Å². The van der Waals surface area contributed by atoms with Crippen molar-refractivity contribution in [2.45, 2.75) is 64.5 Å². The topological polar surface area (TPSA) is 12.0 Å². The molecular weight excluding hydrogens is 169 g/mol. The minimum Gasteiger partial charge on any atom is -0.320 e. The fourth-order valence-electron chi connectivity index (χ4n) is 2.11. The average Bonchev–Trinajstić information content (AvgIpc) is 2.13. The van der Waals surface area contributed by atoms with E-state index in [4.69, 9.17) is 0 Å². The maximum Gasteiger partial charge on any atom is 0.126 e. The summed E-state index contributed by atoms with van der Waals surface area (Å²) in [6, 6.07) is 0. The van der Waals surface area contributed by atoms with Crippen molar-refractivity contribution in [1.29, 1.82) is 0 Å². The van der Waals surface area contributed by atoms with Crippen LogP contribution in [0.5, 0.6) is 0 Å². The summed E-state index contributed by atoms with van der Waals surface area (Å²) in [6.45, 7) is 8.16. The van der Waals surface area contributed by atoms with Gasteiger partial charge in [0.05, 0.1) is 0 Å². The van der Waals surface area contributed by atoms with Crippen molar-refractivity contribution >= 4 is 7.28 Å². The fourth-order valence-corrected chi connectivity index (χ4v) is 2.11. The van der Waals surface area contributed by atoms with Gasteiger partial charge >= 0.3 is 0 Å². The van der Waals surface area contributed by atoms with Crippen LogP contribution in [-0.2, 0) is 0 Å². The van der Waals surface area contributed by atoms with E-state index in [1.807, 2.05) is 7.05 Å². The number of nitrogens with one attached hydrogen (secondary N) is 1. The Kier molecular flexibility index (Phi) is 9.59. The number of unbranched alkanes of at least 4 members (excludes halogenated alkanes) is 1. The van der Waals surface area contributed by atoms with Crippen molar-refractivity contribution in [2.75, 3.05) is 13.6 Å². The lowest BCUT2D eigenvalue weighted by atomic mass is 9.53. The van der Waals surface area contributed by atoms with Crippen molar-refractivity contribution in [2.24, 2.45) is 0 Å². The van der Waals surface area contributed by atoms with Crippen molar-refractivity contribution in [3.8, 4) is 0 Å². The smallest absolute Gasteiger partial charge is 0.126 e. The highest BCUT2D eigenvalue weighted by Crippen LogP contribution is 2.23. The van der Waals surface area contributed by atoms with E-state index in [1.54, 1.807) is 0 Å². The zero-order chi connectivity index (χ0) is 10.8. The molecule has 0 rings (SSSR count). The van der Waals surface area contributed by atoms with Crippen LogP contribution >= 0.6 is 0 Å². The maximum absolute atomic E-state index is 3.23. The second-order valence-electron chi connectivity index (χ2n) is 4.88. The molecule has 0 aromatic rings. The summed E-state index contributed by atoms with van der Waals surface area (Å²) >= 11 is 0. The van der Waals surface area contributed by atoms with E-state index in [9.17, 15) is 0 Å². The molecule has 1 nitrogen and oxygen atoms in total. The van der Waals surface area contributed by atoms with Crippen LogP contribution in [0, 0.1) is 0 Å². The molecule has 2 heteroatoms. The van der Waals surface area contributed by atoms with Crippen LogP contribution in [0.4, 0.5) is 0 Å². The molecule has 0 radical (unpaired) electrons. The van der Waals surface area contributed by atoms with E-state index in [-0.39, 0.29) is 0 Å². The van der Waals surface area contributed by atoms with Crippen LogP contribution in [0.25, 0.3) is 0 Å². The zero-order valence-electron chi connectivity index (χ0n) is 10.6. The summed E-state index contributed by atoms with van der Waals surface area (Å²) in [4.78, 5) is 0. The molecule has 0 aliphatic rings. The van der Waals surface area contributed by atoms with E-state index in [0.717, 1.165) is 11.6 Å². The summed E-state index contributed by atoms with van der Waals surface area (Å²) in [5.74, 6) is 1.84. The number of hydrogen-bond acceptors (Lipinski definition) is 1. The standard InChI is InChI=1S/C12H28BN/c1-5-6-8-12(13-11(2)3)9-7-10-14-4/h11-14H,5-10H2,1-4H3. The molecule has 0 saturated heterocycles. The monoisotopic (exact) mass is 197 g/mol. The Morgan fingerprint density at radius 2 is 1.79 bits per heavy atom. The summed E-state index contributed by atoms with van der Waals surface area (Å²) in [5.41, 5.74) is 0. The normalized spacial score (nSPS) is 13.2. The van der Waals surface area contributed by atoms with Gasteiger partial charge < -0.3 is 5.32 Å². The molecule has 0 aromatic heterocycles. The third-order valence-electron chi connectivity index (χ3n) is 2.81. The molecule has 1 N–H and O–H groups in total. The highest BCUT2D eigenvalue weighted by molar-refractivity contribution is 6.39. The molecule has 0 aliphatic heterocycles. The van der Waals surface area contributed by atoms with Crippen LogP contribution < -0.4 is 5.32 Å². The van der Waals surface area contributed by atoms with Gasteiger partial charge in [0.25, 0.3) is 0 Å². The van der Waals surface area contributed by atoms with Crippen LogP contribution in [0.3, 0.4) is 0 Å². The third-order valence-corrected chi connectivity index (χ3v) is 2.81. The van der Waals surface area contributed by atoms with Gasteiger partial charge in [-0.05, 0) is 20.0 Å². The van der Waals surface area contributed by atoms with Gasteiger partial charge in [-0.25, -0.2) is 0 Å². The molecule has 0 amide bonds. The Morgan fingerprint density at radius 3 is 2.29 bits per heavy atom. The van der Waals surface area contributed by atoms with E-state index in [0.29, 0.717) is 0 Å². The lowest BCUT2D eigenvalue weighted by molar-refractivity contribution is 0.584. The Balaban J connectivity index is 3.61. The van der Waals surface area contributed by atoms with Gasteiger partial charge in [-0.1, -0.05) is 58.1 Å². The van der Waals surface area contributed by atoms with Gasteiger partial charge in [0, 0.05) is 0 Å². The molecule has 0 heterocycles. The quantitative estimate of drug-likeness (QED) is 0.442. The molecule has 0 spiro atoms. The highest BCUT2D eigenvalue weighted by Gasteiger charge is 2.11. The first-order valence-electron chi connectivity index (χ1n) is 6.35. The molecule has 1 unspecified atom stereocenters.